The summed E-state index contributed by atoms with van der Waals surface area (Å²) < 4.78 is 5.72. The summed E-state index contributed by atoms with van der Waals surface area (Å²) in [5.74, 6) is -0.248. The lowest BCUT2D eigenvalue weighted by Crippen LogP contribution is -2.47. The summed E-state index contributed by atoms with van der Waals surface area (Å²) in [5, 5.41) is 8.17. The first-order chi connectivity index (χ1) is 12.7. The molecule has 2 rings (SSSR count). The van der Waals surface area contributed by atoms with Crippen LogP contribution in [0, 0.1) is 5.92 Å². The van der Waals surface area contributed by atoms with E-state index in [1.807, 2.05) is 33.8 Å². The number of carbonyl (C=O) groups is 3. The molecule has 3 amide bonds. The molecule has 1 aliphatic heterocycles. The molecule has 8 nitrogen and oxygen atoms in total. The van der Waals surface area contributed by atoms with Gasteiger partial charge in [0, 0.05) is 0 Å². The fourth-order valence-corrected chi connectivity index (χ4v) is 2.66. The second-order valence-corrected chi connectivity index (χ2v) is 7.04. The summed E-state index contributed by atoms with van der Waals surface area (Å²) in [7, 11) is 0. The van der Waals surface area contributed by atoms with Crippen LogP contribution in [-0.4, -0.2) is 36.4 Å². The predicted octanol–water partition coefficient (Wildman–Crippen LogP) is 1.07. The van der Waals surface area contributed by atoms with E-state index in [0.717, 1.165) is 5.56 Å². The van der Waals surface area contributed by atoms with Crippen molar-refractivity contribution in [2.75, 3.05) is 11.9 Å². The second-order valence-electron chi connectivity index (χ2n) is 7.04. The number of hydrogen-bond donors (Lipinski definition) is 4. The smallest absolute Gasteiger partial charge is 0.265 e. The van der Waals surface area contributed by atoms with Crippen molar-refractivity contribution in [3.05, 3.63) is 23.8 Å². The SMILES string of the molecule is CCC1Oc2cc(C(C)NC(=O)CNC(=O)[C@@H](N)C(C)C)ccc2NC1=O. The van der Waals surface area contributed by atoms with Crippen LogP contribution in [0.15, 0.2) is 18.2 Å². The van der Waals surface area contributed by atoms with Gasteiger partial charge < -0.3 is 26.4 Å². The van der Waals surface area contributed by atoms with Gasteiger partial charge in [0.25, 0.3) is 5.91 Å². The molecular weight excluding hydrogens is 348 g/mol. The molecule has 1 heterocycles. The fourth-order valence-electron chi connectivity index (χ4n) is 2.66. The summed E-state index contributed by atoms with van der Waals surface area (Å²) >= 11 is 0. The number of carbonyl (C=O) groups excluding carboxylic acids is 3. The van der Waals surface area contributed by atoms with Crippen molar-refractivity contribution in [3.63, 3.8) is 0 Å². The van der Waals surface area contributed by atoms with Gasteiger partial charge >= 0.3 is 0 Å². The van der Waals surface area contributed by atoms with E-state index in [1.165, 1.54) is 0 Å². The van der Waals surface area contributed by atoms with Crippen molar-refractivity contribution in [1.29, 1.82) is 0 Å². The number of ether oxygens (including phenoxy) is 1. The van der Waals surface area contributed by atoms with E-state index < -0.39 is 12.1 Å². The number of fused-ring (bicyclic) bond motifs is 1. The van der Waals surface area contributed by atoms with Crippen LogP contribution in [0.4, 0.5) is 5.69 Å². The van der Waals surface area contributed by atoms with E-state index in [2.05, 4.69) is 16.0 Å². The number of rotatable bonds is 7. The predicted molar refractivity (Wildman–Crippen MR) is 102 cm³/mol. The molecule has 0 spiro atoms. The van der Waals surface area contributed by atoms with Crippen molar-refractivity contribution in [2.45, 2.75) is 52.3 Å². The number of amides is 3. The van der Waals surface area contributed by atoms with Crippen molar-refractivity contribution in [2.24, 2.45) is 11.7 Å². The summed E-state index contributed by atoms with van der Waals surface area (Å²) in [5.41, 5.74) is 7.19. The van der Waals surface area contributed by atoms with Gasteiger partial charge in [0.05, 0.1) is 24.3 Å². The summed E-state index contributed by atoms with van der Waals surface area (Å²) in [4.78, 5) is 35.8. The molecule has 0 saturated heterocycles. The Morgan fingerprint density at radius 1 is 1.30 bits per heavy atom. The minimum Gasteiger partial charge on any atom is -0.478 e. The van der Waals surface area contributed by atoms with E-state index in [4.69, 9.17) is 10.5 Å². The molecule has 0 bridgehead atoms. The van der Waals surface area contributed by atoms with Crippen LogP contribution in [0.1, 0.15) is 45.7 Å². The topological polar surface area (TPSA) is 123 Å². The summed E-state index contributed by atoms with van der Waals surface area (Å²) in [6.45, 7) is 7.26. The Morgan fingerprint density at radius 2 is 2.00 bits per heavy atom. The largest absolute Gasteiger partial charge is 0.478 e. The van der Waals surface area contributed by atoms with Crippen molar-refractivity contribution in [1.82, 2.24) is 10.6 Å². The van der Waals surface area contributed by atoms with Gasteiger partial charge in [0.1, 0.15) is 5.75 Å². The van der Waals surface area contributed by atoms with E-state index in [0.29, 0.717) is 17.9 Å². The number of anilines is 1. The Balaban J connectivity index is 1.94. The third kappa shape index (κ3) is 5.19. The van der Waals surface area contributed by atoms with Crippen LogP contribution in [0.25, 0.3) is 0 Å². The lowest BCUT2D eigenvalue weighted by Gasteiger charge is -2.26. The minimum atomic E-state index is -0.644. The highest BCUT2D eigenvalue weighted by atomic mass is 16.5. The summed E-state index contributed by atoms with van der Waals surface area (Å²) in [6.07, 6.45) is 0.0537. The zero-order valence-corrected chi connectivity index (χ0v) is 16.2. The first-order valence-corrected chi connectivity index (χ1v) is 9.17. The number of nitrogens with two attached hydrogens (primary N) is 1. The monoisotopic (exact) mass is 376 g/mol. The first kappa shape index (κ1) is 20.7. The second kappa shape index (κ2) is 8.85. The molecule has 0 saturated carbocycles. The van der Waals surface area contributed by atoms with Gasteiger partial charge in [-0.1, -0.05) is 26.8 Å². The average Bonchev–Trinajstić information content (AvgIpc) is 2.64. The highest BCUT2D eigenvalue weighted by molar-refractivity contribution is 5.97. The molecule has 148 valence electrons. The molecule has 0 aromatic heterocycles. The van der Waals surface area contributed by atoms with E-state index in [-0.39, 0.29) is 36.2 Å². The van der Waals surface area contributed by atoms with Crippen LogP contribution in [-0.2, 0) is 14.4 Å². The number of benzene rings is 1. The van der Waals surface area contributed by atoms with Crippen molar-refractivity contribution >= 4 is 23.4 Å². The molecule has 2 unspecified atom stereocenters. The van der Waals surface area contributed by atoms with Gasteiger partial charge in [0.15, 0.2) is 6.10 Å². The van der Waals surface area contributed by atoms with Crippen molar-refractivity contribution in [3.8, 4) is 5.75 Å². The highest BCUT2D eigenvalue weighted by Crippen LogP contribution is 2.32. The van der Waals surface area contributed by atoms with Crippen LogP contribution in [0.5, 0.6) is 5.75 Å². The average molecular weight is 376 g/mol. The molecule has 1 aromatic rings. The third-order valence-corrected chi connectivity index (χ3v) is 4.52. The minimum absolute atomic E-state index is 0.00471. The maximum Gasteiger partial charge on any atom is 0.265 e. The molecule has 5 N–H and O–H groups in total. The van der Waals surface area contributed by atoms with Crippen LogP contribution in [0.2, 0.25) is 0 Å². The maximum absolute atomic E-state index is 12.1. The van der Waals surface area contributed by atoms with Gasteiger partial charge in [-0.2, -0.15) is 0 Å². The Hall–Kier alpha value is -2.61. The van der Waals surface area contributed by atoms with Gasteiger partial charge in [-0.3, -0.25) is 14.4 Å². The molecule has 0 radical (unpaired) electrons. The zero-order chi connectivity index (χ0) is 20.1. The zero-order valence-electron chi connectivity index (χ0n) is 16.2. The van der Waals surface area contributed by atoms with Gasteiger partial charge in [-0.05, 0) is 37.0 Å². The Labute approximate surface area is 159 Å². The molecule has 0 fully saturated rings. The van der Waals surface area contributed by atoms with Crippen LogP contribution < -0.4 is 26.4 Å². The van der Waals surface area contributed by atoms with Gasteiger partial charge in [-0.15, -0.1) is 0 Å². The number of nitrogens with one attached hydrogen (secondary N) is 3. The maximum atomic E-state index is 12.1. The molecule has 0 aliphatic carbocycles. The van der Waals surface area contributed by atoms with E-state index in [1.54, 1.807) is 12.1 Å². The van der Waals surface area contributed by atoms with Crippen LogP contribution in [0.3, 0.4) is 0 Å². The fraction of sp³-hybridized carbons (Fsp3) is 0.526. The van der Waals surface area contributed by atoms with Gasteiger partial charge in [-0.25, -0.2) is 0 Å². The molecule has 8 heteroatoms. The number of hydrogen-bond acceptors (Lipinski definition) is 5. The molecule has 1 aliphatic rings. The quantitative estimate of drug-likeness (QED) is 0.567. The van der Waals surface area contributed by atoms with E-state index in [9.17, 15) is 14.4 Å². The van der Waals surface area contributed by atoms with E-state index >= 15 is 0 Å². The molecule has 27 heavy (non-hydrogen) atoms. The van der Waals surface area contributed by atoms with Crippen LogP contribution >= 0.6 is 0 Å². The third-order valence-electron chi connectivity index (χ3n) is 4.52. The lowest BCUT2D eigenvalue weighted by molar-refractivity contribution is -0.127. The summed E-state index contributed by atoms with van der Waals surface area (Å²) in [6, 6.07) is 4.43. The Kier molecular flexibility index (Phi) is 6.79. The molecule has 1 aromatic carbocycles. The lowest BCUT2D eigenvalue weighted by atomic mass is 10.0. The Morgan fingerprint density at radius 3 is 2.63 bits per heavy atom. The highest BCUT2D eigenvalue weighted by Gasteiger charge is 2.26. The first-order valence-electron chi connectivity index (χ1n) is 9.17. The molecular formula is C19H28N4O4. The molecule has 3 atom stereocenters. The van der Waals surface area contributed by atoms with Gasteiger partial charge in [0.2, 0.25) is 11.8 Å². The standard InChI is InChI=1S/C19H28N4O4/c1-5-14-18(25)23-13-7-6-12(8-15(13)27-14)11(4)22-16(24)9-21-19(26)17(20)10(2)3/h6-8,10-11,14,17H,5,9,20H2,1-4H3,(H,21,26)(H,22,24)(H,23,25)/t11?,14?,17-/m0/s1. The normalized spacial score (nSPS) is 18.0. The van der Waals surface area contributed by atoms with Crippen molar-refractivity contribution < 1.29 is 19.1 Å². The Bertz CT molecular complexity index is 720.